The number of imidazole rings is 1. The molecule has 2 rings (SSSR count). The first-order chi connectivity index (χ1) is 8.22. The standard InChI is InChI=1S/C12H16N4O/c13-7-2-1-6-10-15-9-5-3-4-8(12(14)17)11(9)16-10/h3-5H,1-2,6-7,13H2,(H2,14,17)(H,15,16). The van der Waals surface area contributed by atoms with Gasteiger partial charge in [0.05, 0.1) is 11.1 Å². The normalized spacial score (nSPS) is 10.9. The molecule has 90 valence electrons. The van der Waals surface area contributed by atoms with E-state index in [0.29, 0.717) is 17.6 Å². The number of nitrogens with two attached hydrogens (primary N) is 2. The molecule has 1 aromatic carbocycles. The first-order valence-electron chi connectivity index (χ1n) is 5.70. The van der Waals surface area contributed by atoms with E-state index < -0.39 is 5.91 Å². The molecular formula is C12H16N4O. The summed E-state index contributed by atoms with van der Waals surface area (Å²) in [7, 11) is 0. The Bertz CT molecular complexity index is 532. The minimum absolute atomic E-state index is 0.449. The molecule has 5 heteroatoms. The Hall–Kier alpha value is -1.88. The zero-order chi connectivity index (χ0) is 12.3. The van der Waals surface area contributed by atoms with Gasteiger partial charge < -0.3 is 16.5 Å². The van der Waals surface area contributed by atoms with Crippen LogP contribution in [0.5, 0.6) is 0 Å². The van der Waals surface area contributed by atoms with E-state index in [0.717, 1.165) is 30.6 Å². The highest BCUT2D eigenvalue weighted by atomic mass is 16.1. The van der Waals surface area contributed by atoms with Crippen LogP contribution < -0.4 is 11.5 Å². The number of hydrogen-bond donors (Lipinski definition) is 3. The number of benzene rings is 1. The van der Waals surface area contributed by atoms with Gasteiger partial charge in [-0.25, -0.2) is 4.98 Å². The van der Waals surface area contributed by atoms with E-state index in [9.17, 15) is 4.79 Å². The predicted octanol–water partition coefficient (Wildman–Crippen LogP) is 0.943. The Kier molecular flexibility index (Phi) is 3.39. The Morgan fingerprint density at radius 3 is 2.88 bits per heavy atom. The van der Waals surface area contributed by atoms with E-state index in [-0.39, 0.29) is 0 Å². The number of primary amides is 1. The minimum atomic E-state index is -0.449. The van der Waals surface area contributed by atoms with Gasteiger partial charge in [0.15, 0.2) is 0 Å². The fourth-order valence-corrected chi connectivity index (χ4v) is 1.84. The van der Waals surface area contributed by atoms with Gasteiger partial charge in [-0.05, 0) is 31.5 Å². The van der Waals surface area contributed by atoms with Gasteiger partial charge >= 0.3 is 0 Å². The number of carbonyl (C=O) groups excluding carboxylic acids is 1. The molecule has 0 bridgehead atoms. The lowest BCUT2D eigenvalue weighted by Gasteiger charge is -1.94. The number of rotatable bonds is 5. The van der Waals surface area contributed by atoms with Crippen LogP contribution >= 0.6 is 0 Å². The highest BCUT2D eigenvalue weighted by Gasteiger charge is 2.10. The van der Waals surface area contributed by atoms with Crippen molar-refractivity contribution in [3.05, 3.63) is 29.6 Å². The van der Waals surface area contributed by atoms with E-state index >= 15 is 0 Å². The quantitative estimate of drug-likeness (QED) is 0.669. The van der Waals surface area contributed by atoms with Gasteiger partial charge in [0, 0.05) is 6.42 Å². The number of H-pyrrole nitrogens is 1. The van der Waals surface area contributed by atoms with Gasteiger partial charge in [-0.15, -0.1) is 0 Å². The smallest absolute Gasteiger partial charge is 0.250 e. The van der Waals surface area contributed by atoms with Gasteiger partial charge in [-0.2, -0.15) is 0 Å². The number of unbranched alkanes of at least 4 members (excludes halogenated alkanes) is 1. The zero-order valence-corrected chi connectivity index (χ0v) is 9.57. The second-order valence-corrected chi connectivity index (χ2v) is 4.00. The second kappa shape index (κ2) is 4.97. The van der Waals surface area contributed by atoms with Crippen LogP contribution in [-0.2, 0) is 6.42 Å². The van der Waals surface area contributed by atoms with E-state index in [4.69, 9.17) is 11.5 Å². The second-order valence-electron chi connectivity index (χ2n) is 4.00. The number of fused-ring (bicyclic) bond motifs is 1. The molecule has 0 aliphatic heterocycles. The van der Waals surface area contributed by atoms with Crippen molar-refractivity contribution in [2.24, 2.45) is 11.5 Å². The fraction of sp³-hybridized carbons (Fsp3) is 0.333. The molecule has 0 saturated heterocycles. The largest absolute Gasteiger partial charge is 0.366 e. The summed E-state index contributed by atoms with van der Waals surface area (Å²) in [6, 6.07) is 5.38. The number of aryl methyl sites for hydroxylation is 1. The number of aromatic nitrogens is 2. The minimum Gasteiger partial charge on any atom is -0.366 e. The van der Waals surface area contributed by atoms with Crippen LogP contribution in [0.3, 0.4) is 0 Å². The monoisotopic (exact) mass is 232 g/mol. The summed E-state index contributed by atoms with van der Waals surface area (Å²) in [5, 5.41) is 0. The number of para-hydroxylation sites is 1. The van der Waals surface area contributed by atoms with Gasteiger partial charge in [-0.1, -0.05) is 6.07 Å². The van der Waals surface area contributed by atoms with Crippen molar-refractivity contribution >= 4 is 16.9 Å². The van der Waals surface area contributed by atoms with Crippen LogP contribution in [0.2, 0.25) is 0 Å². The molecule has 0 fully saturated rings. The van der Waals surface area contributed by atoms with Gasteiger partial charge in [-0.3, -0.25) is 4.79 Å². The Balaban J connectivity index is 2.30. The molecule has 0 atom stereocenters. The highest BCUT2D eigenvalue weighted by molar-refractivity contribution is 6.03. The van der Waals surface area contributed by atoms with Crippen molar-refractivity contribution in [1.82, 2.24) is 9.97 Å². The average Bonchev–Trinajstić information content (AvgIpc) is 2.71. The van der Waals surface area contributed by atoms with E-state index in [1.54, 1.807) is 12.1 Å². The summed E-state index contributed by atoms with van der Waals surface area (Å²) in [5.74, 6) is 0.428. The van der Waals surface area contributed by atoms with E-state index in [2.05, 4.69) is 9.97 Å². The maximum atomic E-state index is 11.2. The van der Waals surface area contributed by atoms with E-state index in [1.165, 1.54) is 0 Å². The van der Waals surface area contributed by atoms with Gasteiger partial charge in [0.1, 0.15) is 11.3 Å². The highest BCUT2D eigenvalue weighted by Crippen LogP contribution is 2.16. The number of amides is 1. The first kappa shape index (κ1) is 11.6. The van der Waals surface area contributed by atoms with Crippen molar-refractivity contribution in [2.75, 3.05) is 6.54 Å². The molecule has 1 aromatic heterocycles. The summed E-state index contributed by atoms with van der Waals surface area (Å²) in [4.78, 5) is 18.8. The van der Waals surface area contributed by atoms with Crippen molar-refractivity contribution in [3.8, 4) is 0 Å². The summed E-state index contributed by atoms with van der Waals surface area (Å²) >= 11 is 0. The molecule has 0 radical (unpaired) electrons. The number of nitrogens with one attached hydrogen (secondary N) is 1. The van der Waals surface area contributed by atoms with Crippen molar-refractivity contribution < 1.29 is 4.79 Å². The van der Waals surface area contributed by atoms with Crippen LogP contribution in [-0.4, -0.2) is 22.4 Å². The van der Waals surface area contributed by atoms with Crippen LogP contribution in [0.25, 0.3) is 11.0 Å². The Labute approximate surface area is 99.2 Å². The molecule has 1 heterocycles. The molecule has 5 N–H and O–H groups in total. The van der Waals surface area contributed by atoms with Crippen LogP contribution in [0.4, 0.5) is 0 Å². The molecule has 1 amide bonds. The fourth-order valence-electron chi connectivity index (χ4n) is 1.84. The SMILES string of the molecule is NCCCCc1nc2c(C(N)=O)cccc2[nH]1. The lowest BCUT2D eigenvalue weighted by molar-refractivity contribution is 0.100. The number of nitrogens with zero attached hydrogens (tertiary/aromatic N) is 1. The van der Waals surface area contributed by atoms with Gasteiger partial charge in [0.25, 0.3) is 5.91 Å². The number of hydrogen-bond acceptors (Lipinski definition) is 3. The first-order valence-corrected chi connectivity index (χ1v) is 5.70. The molecular weight excluding hydrogens is 216 g/mol. The van der Waals surface area contributed by atoms with Gasteiger partial charge in [0.2, 0.25) is 0 Å². The predicted molar refractivity (Wildman–Crippen MR) is 66.6 cm³/mol. The number of carbonyl (C=O) groups is 1. The molecule has 2 aromatic rings. The summed E-state index contributed by atoms with van der Waals surface area (Å²) in [5.41, 5.74) is 12.7. The lowest BCUT2D eigenvalue weighted by Crippen LogP contribution is -2.11. The Morgan fingerprint density at radius 1 is 1.35 bits per heavy atom. The molecule has 0 aliphatic carbocycles. The third-order valence-electron chi connectivity index (χ3n) is 2.69. The van der Waals surface area contributed by atoms with Crippen LogP contribution in [0, 0.1) is 0 Å². The van der Waals surface area contributed by atoms with Crippen LogP contribution in [0.15, 0.2) is 18.2 Å². The topological polar surface area (TPSA) is 97.8 Å². The molecule has 0 saturated carbocycles. The summed E-state index contributed by atoms with van der Waals surface area (Å²) in [6.07, 6.45) is 2.80. The van der Waals surface area contributed by atoms with Crippen molar-refractivity contribution in [2.45, 2.75) is 19.3 Å². The molecule has 0 spiro atoms. The third-order valence-corrected chi connectivity index (χ3v) is 2.69. The summed E-state index contributed by atoms with van der Waals surface area (Å²) in [6.45, 7) is 0.687. The summed E-state index contributed by atoms with van der Waals surface area (Å²) < 4.78 is 0. The van der Waals surface area contributed by atoms with Crippen LogP contribution in [0.1, 0.15) is 29.0 Å². The molecule has 5 nitrogen and oxygen atoms in total. The van der Waals surface area contributed by atoms with Crippen molar-refractivity contribution in [3.63, 3.8) is 0 Å². The molecule has 17 heavy (non-hydrogen) atoms. The lowest BCUT2D eigenvalue weighted by atomic mass is 10.2. The van der Waals surface area contributed by atoms with E-state index in [1.807, 2.05) is 6.07 Å². The maximum Gasteiger partial charge on any atom is 0.250 e. The zero-order valence-electron chi connectivity index (χ0n) is 9.57. The maximum absolute atomic E-state index is 11.2. The Morgan fingerprint density at radius 2 is 2.18 bits per heavy atom. The van der Waals surface area contributed by atoms with Crippen molar-refractivity contribution in [1.29, 1.82) is 0 Å². The number of aromatic amines is 1. The molecule has 0 aliphatic rings. The third kappa shape index (κ3) is 2.45. The average molecular weight is 232 g/mol. The molecule has 0 unspecified atom stereocenters.